The Labute approximate surface area is 121 Å². The molecule has 0 aliphatic heterocycles. The van der Waals surface area contributed by atoms with Crippen LogP contribution in [0.4, 0.5) is 5.69 Å². The van der Waals surface area contributed by atoms with Gasteiger partial charge in [0.15, 0.2) is 0 Å². The first-order valence-corrected chi connectivity index (χ1v) is 7.33. The van der Waals surface area contributed by atoms with E-state index in [1.165, 1.54) is 0 Å². The lowest BCUT2D eigenvalue weighted by atomic mass is 10.2. The Morgan fingerprint density at radius 2 is 2.10 bits per heavy atom. The van der Waals surface area contributed by atoms with Crippen LogP contribution >= 0.6 is 0 Å². The minimum absolute atomic E-state index is 0.0925. The van der Waals surface area contributed by atoms with Crippen LogP contribution in [-0.4, -0.2) is 37.2 Å². The first-order valence-electron chi connectivity index (χ1n) is 7.33. The summed E-state index contributed by atoms with van der Waals surface area (Å²) in [6.45, 7) is 6.86. The zero-order valence-corrected chi connectivity index (χ0v) is 12.4. The lowest BCUT2D eigenvalue weighted by Crippen LogP contribution is -2.28. The van der Waals surface area contributed by atoms with Crippen molar-refractivity contribution in [3.8, 4) is 0 Å². The largest absolute Gasteiger partial charge is 0.383 e. The number of amides is 1. The summed E-state index contributed by atoms with van der Waals surface area (Å²) in [4.78, 5) is 16.1. The third-order valence-electron chi connectivity index (χ3n) is 2.81. The topological polar surface area (TPSA) is 63.2 Å². The van der Waals surface area contributed by atoms with E-state index in [0.29, 0.717) is 18.7 Å². The Morgan fingerprint density at radius 3 is 2.85 bits per heavy atom. The van der Waals surface area contributed by atoms with Crippen molar-refractivity contribution in [3.05, 3.63) is 24.0 Å². The third-order valence-corrected chi connectivity index (χ3v) is 2.81. The van der Waals surface area contributed by atoms with Crippen molar-refractivity contribution >= 4 is 11.6 Å². The highest BCUT2D eigenvalue weighted by Gasteiger charge is 2.10. The molecule has 1 aromatic heterocycles. The van der Waals surface area contributed by atoms with Gasteiger partial charge < -0.3 is 15.4 Å². The van der Waals surface area contributed by atoms with Gasteiger partial charge in [-0.2, -0.15) is 0 Å². The molecule has 0 aromatic carbocycles. The van der Waals surface area contributed by atoms with Crippen LogP contribution in [0.15, 0.2) is 18.5 Å². The molecule has 1 amide bonds. The van der Waals surface area contributed by atoms with Crippen molar-refractivity contribution < 1.29 is 9.53 Å². The molecule has 0 saturated heterocycles. The van der Waals surface area contributed by atoms with Gasteiger partial charge in [0.25, 0.3) is 5.91 Å². The molecular formula is C15H25N3O2. The molecule has 0 fully saturated rings. The Balaban J connectivity index is 2.38. The number of hydrogen-bond acceptors (Lipinski definition) is 4. The Morgan fingerprint density at radius 1 is 1.25 bits per heavy atom. The quantitative estimate of drug-likeness (QED) is 0.646. The van der Waals surface area contributed by atoms with E-state index in [-0.39, 0.29) is 5.91 Å². The highest BCUT2D eigenvalue weighted by molar-refractivity contribution is 5.99. The molecule has 0 radical (unpaired) electrons. The van der Waals surface area contributed by atoms with E-state index in [9.17, 15) is 4.79 Å². The molecular weight excluding hydrogens is 254 g/mol. The van der Waals surface area contributed by atoms with Crippen molar-refractivity contribution in [1.82, 2.24) is 10.3 Å². The van der Waals surface area contributed by atoms with Crippen LogP contribution in [0.3, 0.4) is 0 Å². The maximum Gasteiger partial charge on any atom is 0.253 e. The molecule has 0 spiro atoms. The van der Waals surface area contributed by atoms with Gasteiger partial charge in [0, 0.05) is 25.9 Å². The van der Waals surface area contributed by atoms with Gasteiger partial charge in [-0.3, -0.25) is 9.78 Å². The molecule has 5 nitrogen and oxygen atoms in total. The van der Waals surface area contributed by atoms with E-state index < -0.39 is 0 Å². The number of nitrogens with zero attached hydrogens (tertiary/aromatic N) is 1. The number of ether oxygens (including phenoxy) is 1. The number of hydrogen-bond donors (Lipinski definition) is 2. The number of aromatic nitrogens is 1. The van der Waals surface area contributed by atoms with Gasteiger partial charge in [-0.05, 0) is 18.9 Å². The fourth-order valence-corrected chi connectivity index (χ4v) is 1.67. The average molecular weight is 279 g/mol. The van der Waals surface area contributed by atoms with Gasteiger partial charge in [-0.15, -0.1) is 0 Å². The van der Waals surface area contributed by atoms with Crippen molar-refractivity contribution in [2.45, 2.75) is 33.1 Å². The number of nitrogens with one attached hydrogen (secondary N) is 2. The smallest absolute Gasteiger partial charge is 0.253 e. The molecule has 0 saturated carbocycles. The van der Waals surface area contributed by atoms with Gasteiger partial charge in [0.2, 0.25) is 0 Å². The number of rotatable bonds is 10. The summed E-state index contributed by atoms with van der Waals surface area (Å²) in [5, 5.41) is 6.07. The van der Waals surface area contributed by atoms with E-state index in [4.69, 9.17) is 4.74 Å². The van der Waals surface area contributed by atoms with Gasteiger partial charge in [-0.1, -0.05) is 20.3 Å². The minimum Gasteiger partial charge on any atom is -0.383 e. The van der Waals surface area contributed by atoms with Gasteiger partial charge >= 0.3 is 0 Å². The minimum atomic E-state index is -0.0925. The van der Waals surface area contributed by atoms with Crippen molar-refractivity contribution in [3.63, 3.8) is 0 Å². The number of anilines is 1. The zero-order chi connectivity index (χ0) is 14.6. The SMILES string of the molecule is CCCCOCCNC(=O)c1ccncc1NCCC. The normalized spacial score (nSPS) is 10.3. The Hall–Kier alpha value is -1.62. The summed E-state index contributed by atoms with van der Waals surface area (Å²) in [7, 11) is 0. The zero-order valence-electron chi connectivity index (χ0n) is 12.4. The Kier molecular flexibility index (Phi) is 8.38. The van der Waals surface area contributed by atoms with Crippen LogP contribution in [0.2, 0.25) is 0 Å². The monoisotopic (exact) mass is 279 g/mol. The summed E-state index contributed by atoms with van der Waals surface area (Å²) >= 11 is 0. The summed E-state index contributed by atoms with van der Waals surface area (Å²) < 4.78 is 5.41. The molecule has 5 heteroatoms. The molecule has 0 aliphatic rings. The molecule has 2 N–H and O–H groups in total. The summed E-state index contributed by atoms with van der Waals surface area (Å²) in [6.07, 6.45) is 6.49. The van der Waals surface area contributed by atoms with Crippen LogP contribution < -0.4 is 10.6 Å². The van der Waals surface area contributed by atoms with Crippen LogP contribution in [0.1, 0.15) is 43.5 Å². The second kappa shape index (κ2) is 10.2. The first-order chi connectivity index (χ1) is 9.79. The van der Waals surface area contributed by atoms with Crippen molar-refractivity contribution in [2.24, 2.45) is 0 Å². The van der Waals surface area contributed by atoms with Crippen LogP contribution in [0.25, 0.3) is 0 Å². The second-order valence-electron chi connectivity index (χ2n) is 4.57. The Bertz CT molecular complexity index is 396. The van der Waals surface area contributed by atoms with E-state index in [1.54, 1.807) is 18.5 Å². The molecule has 1 heterocycles. The molecule has 1 rings (SSSR count). The molecule has 0 atom stereocenters. The summed E-state index contributed by atoms with van der Waals surface area (Å²) in [5.41, 5.74) is 1.40. The lowest BCUT2D eigenvalue weighted by molar-refractivity contribution is 0.0913. The van der Waals surface area contributed by atoms with Crippen molar-refractivity contribution in [2.75, 3.05) is 31.6 Å². The maximum absolute atomic E-state index is 12.1. The third kappa shape index (κ3) is 6.02. The average Bonchev–Trinajstić information content (AvgIpc) is 2.48. The maximum atomic E-state index is 12.1. The lowest BCUT2D eigenvalue weighted by Gasteiger charge is -2.11. The van der Waals surface area contributed by atoms with Gasteiger partial charge in [0.05, 0.1) is 24.1 Å². The number of pyridine rings is 1. The molecule has 0 unspecified atom stereocenters. The van der Waals surface area contributed by atoms with E-state index >= 15 is 0 Å². The predicted octanol–water partition coefficient (Wildman–Crippen LogP) is 2.45. The van der Waals surface area contributed by atoms with E-state index in [2.05, 4.69) is 29.5 Å². The number of carbonyl (C=O) groups is 1. The molecule has 0 aliphatic carbocycles. The molecule has 112 valence electrons. The highest BCUT2D eigenvalue weighted by Crippen LogP contribution is 2.12. The number of unbranched alkanes of at least 4 members (excludes halogenated alkanes) is 1. The molecule has 1 aromatic rings. The first kappa shape index (κ1) is 16.4. The molecule has 0 bridgehead atoms. The molecule has 20 heavy (non-hydrogen) atoms. The highest BCUT2D eigenvalue weighted by atomic mass is 16.5. The standard InChI is InChI=1S/C15H25N3O2/c1-3-5-10-20-11-9-18-15(19)13-6-8-16-12-14(13)17-7-4-2/h6,8,12,17H,3-5,7,9-11H2,1-2H3,(H,18,19). The van der Waals surface area contributed by atoms with E-state index in [1.807, 2.05) is 0 Å². The fourth-order valence-electron chi connectivity index (χ4n) is 1.67. The summed E-state index contributed by atoms with van der Waals surface area (Å²) in [5.74, 6) is -0.0925. The van der Waals surface area contributed by atoms with Gasteiger partial charge in [-0.25, -0.2) is 0 Å². The second-order valence-corrected chi connectivity index (χ2v) is 4.57. The predicted molar refractivity (Wildman–Crippen MR) is 81.1 cm³/mol. The van der Waals surface area contributed by atoms with Crippen LogP contribution in [-0.2, 0) is 4.74 Å². The van der Waals surface area contributed by atoms with Gasteiger partial charge in [0.1, 0.15) is 0 Å². The number of carbonyl (C=O) groups excluding carboxylic acids is 1. The fraction of sp³-hybridized carbons (Fsp3) is 0.600. The van der Waals surface area contributed by atoms with Crippen LogP contribution in [0, 0.1) is 0 Å². The van der Waals surface area contributed by atoms with E-state index in [0.717, 1.165) is 38.1 Å². The van der Waals surface area contributed by atoms with Crippen LogP contribution in [0.5, 0.6) is 0 Å². The van der Waals surface area contributed by atoms with Crippen molar-refractivity contribution in [1.29, 1.82) is 0 Å². The summed E-state index contributed by atoms with van der Waals surface area (Å²) in [6, 6.07) is 1.73.